The van der Waals surface area contributed by atoms with Gasteiger partial charge in [-0.05, 0) is 18.9 Å². The summed E-state index contributed by atoms with van der Waals surface area (Å²) in [4.78, 5) is 2.60. The van der Waals surface area contributed by atoms with Gasteiger partial charge in [-0.1, -0.05) is 50.6 Å². The van der Waals surface area contributed by atoms with Crippen molar-refractivity contribution in [3.8, 4) is 0 Å². The Bertz CT molecular complexity index is 408. The van der Waals surface area contributed by atoms with Gasteiger partial charge in [-0.25, -0.2) is 0 Å². The first kappa shape index (κ1) is 15.9. The number of thioether (sulfide) groups is 1. The Morgan fingerprint density at radius 3 is 2.25 bits per heavy atom. The van der Waals surface area contributed by atoms with Crippen molar-refractivity contribution in [1.29, 1.82) is 0 Å². The van der Waals surface area contributed by atoms with Crippen LogP contribution in [0.3, 0.4) is 0 Å². The summed E-state index contributed by atoms with van der Waals surface area (Å²) in [6.45, 7) is 11.3. The topological polar surface area (TPSA) is 29.3 Å². The van der Waals surface area contributed by atoms with Crippen LogP contribution >= 0.6 is 11.8 Å². The molecule has 0 amide bonds. The predicted molar refractivity (Wildman–Crippen MR) is 90.3 cm³/mol. The van der Waals surface area contributed by atoms with Gasteiger partial charge in [0.1, 0.15) is 0 Å². The molecule has 1 aliphatic rings. The molecule has 0 radical (unpaired) electrons. The molecule has 0 saturated carbocycles. The van der Waals surface area contributed by atoms with Crippen LogP contribution in [0.4, 0.5) is 0 Å². The van der Waals surface area contributed by atoms with E-state index in [2.05, 4.69) is 68.6 Å². The Morgan fingerprint density at radius 2 is 1.75 bits per heavy atom. The first-order chi connectivity index (χ1) is 9.51. The van der Waals surface area contributed by atoms with Crippen molar-refractivity contribution < 1.29 is 0 Å². The molecule has 0 aliphatic carbocycles. The molecule has 3 heteroatoms. The Labute approximate surface area is 128 Å². The summed E-state index contributed by atoms with van der Waals surface area (Å²) in [5, 5.41) is 1.38. The zero-order chi connectivity index (χ0) is 14.7. The molecule has 2 rings (SSSR count). The number of benzene rings is 1. The smallest absolute Gasteiger partial charge is 0.0499 e. The zero-order valence-electron chi connectivity index (χ0n) is 13.2. The Hall–Kier alpha value is -0.510. The molecule has 1 aromatic carbocycles. The molecule has 2 N–H and O–H groups in total. The summed E-state index contributed by atoms with van der Waals surface area (Å²) in [5.41, 5.74) is 9.15. The second-order valence-corrected chi connectivity index (χ2v) is 8.02. The molecule has 4 unspecified atom stereocenters. The number of nitrogens with two attached hydrogens (primary N) is 1. The van der Waals surface area contributed by atoms with Crippen LogP contribution in [-0.2, 0) is 0 Å². The fraction of sp³-hybridized carbons (Fsp3) is 0.647. The maximum Gasteiger partial charge on any atom is 0.0499 e. The number of hydrogen-bond donors (Lipinski definition) is 1. The highest BCUT2D eigenvalue weighted by molar-refractivity contribution is 8.00. The minimum atomic E-state index is 0.209. The first-order valence-corrected chi connectivity index (χ1v) is 8.67. The summed E-state index contributed by atoms with van der Waals surface area (Å²) in [6.07, 6.45) is 1.02. The van der Waals surface area contributed by atoms with Gasteiger partial charge in [-0.15, -0.1) is 0 Å². The van der Waals surface area contributed by atoms with Crippen LogP contribution in [-0.4, -0.2) is 34.5 Å². The minimum absolute atomic E-state index is 0.209. The molecule has 1 fully saturated rings. The van der Waals surface area contributed by atoms with Crippen LogP contribution in [0.5, 0.6) is 0 Å². The summed E-state index contributed by atoms with van der Waals surface area (Å²) in [5.74, 6) is 0. The van der Waals surface area contributed by atoms with Crippen molar-refractivity contribution >= 4 is 11.8 Å². The average Bonchev–Trinajstić information content (AvgIpc) is 2.40. The third-order valence-electron chi connectivity index (χ3n) is 4.14. The lowest BCUT2D eigenvalue weighted by Crippen LogP contribution is -2.48. The van der Waals surface area contributed by atoms with Gasteiger partial charge in [0.15, 0.2) is 0 Å². The lowest BCUT2D eigenvalue weighted by Gasteiger charge is -2.42. The van der Waals surface area contributed by atoms with Crippen LogP contribution in [0, 0.1) is 6.92 Å². The highest BCUT2D eigenvalue weighted by Crippen LogP contribution is 2.33. The summed E-state index contributed by atoms with van der Waals surface area (Å²) in [7, 11) is 0. The fourth-order valence-electron chi connectivity index (χ4n) is 3.16. The third kappa shape index (κ3) is 3.78. The first-order valence-electron chi connectivity index (χ1n) is 7.73. The van der Waals surface area contributed by atoms with E-state index in [9.17, 15) is 0 Å². The van der Waals surface area contributed by atoms with Crippen molar-refractivity contribution in [2.24, 2.45) is 5.73 Å². The quantitative estimate of drug-likeness (QED) is 0.919. The molecular weight excluding hydrogens is 264 g/mol. The molecule has 0 aromatic heterocycles. The van der Waals surface area contributed by atoms with Crippen molar-refractivity contribution in [3.63, 3.8) is 0 Å². The monoisotopic (exact) mass is 292 g/mol. The summed E-state index contributed by atoms with van der Waals surface area (Å²) >= 11 is 2.10. The SMILES string of the molecule is CCC(N)C(c1ccc(C)cc1)N1CC(C)SC(C)C1. The highest BCUT2D eigenvalue weighted by atomic mass is 32.2. The van der Waals surface area contributed by atoms with Crippen molar-refractivity contribution in [3.05, 3.63) is 35.4 Å². The van der Waals surface area contributed by atoms with E-state index in [0.29, 0.717) is 16.5 Å². The van der Waals surface area contributed by atoms with Gasteiger partial charge in [0.2, 0.25) is 0 Å². The van der Waals surface area contributed by atoms with Crippen LogP contribution < -0.4 is 5.73 Å². The number of aryl methyl sites for hydroxylation is 1. The van der Waals surface area contributed by atoms with Gasteiger partial charge in [-0.2, -0.15) is 11.8 Å². The van der Waals surface area contributed by atoms with Gasteiger partial charge in [0.25, 0.3) is 0 Å². The van der Waals surface area contributed by atoms with Crippen molar-refractivity contribution in [1.82, 2.24) is 4.90 Å². The predicted octanol–water partition coefficient (Wildman–Crippen LogP) is 3.60. The molecule has 4 atom stereocenters. The lowest BCUT2D eigenvalue weighted by molar-refractivity contribution is 0.167. The number of nitrogens with zero attached hydrogens (tertiary/aromatic N) is 1. The molecule has 112 valence electrons. The lowest BCUT2D eigenvalue weighted by atomic mass is 9.95. The molecule has 0 spiro atoms. The Kier molecular flexibility index (Phi) is 5.53. The molecule has 2 nitrogen and oxygen atoms in total. The van der Waals surface area contributed by atoms with Crippen molar-refractivity contribution in [2.45, 2.75) is 56.7 Å². The maximum absolute atomic E-state index is 6.46. The van der Waals surface area contributed by atoms with E-state index in [1.165, 1.54) is 11.1 Å². The largest absolute Gasteiger partial charge is 0.326 e. The highest BCUT2D eigenvalue weighted by Gasteiger charge is 2.31. The molecule has 1 aromatic rings. The van der Waals surface area contributed by atoms with E-state index in [0.717, 1.165) is 19.5 Å². The third-order valence-corrected chi connectivity index (χ3v) is 5.36. The minimum Gasteiger partial charge on any atom is -0.326 e. The number of rotatable bonds is 4. The second-order valence-electron chi connectivity index (χ2n) is 6.14. The van der Waals surface area contributed by atoms with Crippen LogP contribution in [0.15, 0.2) is 24.3 Å². The standard InChI is InChI=1S/C17H28N2S/c1-5-16(18)17(15-8-6-12(2)7-9-15)19-10-13(3)20-14(4)11-19/h6-9,13-14,16-17H,5,10-11,18H2,1-4H3. The maximum atomic E-state index is 6.46. The Balaban J connectivity index is 2.25. The molecule has 0 bridgehead atoms. The summed E-state index contributed by atoms with van der Waals surface area (Å²) < 4.78 is 0. The normalized spacial score (nSPS) is 27.2. The molecule has 20 heavy (non-hydrogen) atoms. The van der Waals surface area contributed by atoms with Crippen LogP contribution in [0.25, 0.3) is 0 Å². The van der Waals surface area contributed by atoms with E-state index >= 15 is 0 Å². The van der Waals surface area contributed by atoms with Gasteiger partial charge in [0.05, 0.1) is 0 Å². The van der Waals surface area contributed by atoms with E-state index in [-0.39, 0.29) is 6.04 Å². The fourth-order valence-corrected chi connectivity index (χ4v) is 4.51. The number of hydrogen-bond acceptors (Lipinski definition) is 3. The second kappa shape index (κ2) is 6.97. The molecule has 1 heterocycles. The van der Waals surface area contributed by atoms with Gasteiger partial charge < -0.3 is 5.73 Å². The van der Waals surface area contributed by atoms with E-state index in [1.807, 2.05) is 0 Å². The van der Waals surface area contributed by atoms with Crippen LogP contribution in [0.1, 0.15) is 44.4 Å². The van der Waals surface area contributed by atoms with Crippen molar-refractivity contribution in [2.75, 3.05) is 13.1 Å². The molecule has 1 saturated heterocycles. The zero-order valence-corrected chi connectivity index (χ0v) is 14.0. The van der Waals surface area contributed by atoms with Gasteiger partial charge in [0, 0.05) is 35.7 Å². The average molecular weight is 292 g/mol. The van der Waals surface area contributed by atoms with Gasteiger partial charge in [-0.3, -0.25) is 4.90 Å². The molecular formula is C17H28N2S. The van der Waals surface area contributed by atoms with E-state index < -0.39 is 0 Å². The Morgan fingerprint density at radius 1 is 1.20 bits per heavy atom. The van der Waals surface area contributed by atoms with Crippen LogP contribution in [0.2, 0.25) is 0 Å². The van der Waals surface area contributed by atoms with Gasteiger partial charge >= 0.3 is 0 Å². The van der Waals surface area contributed by atoms with E-state index in [4.69, 9.17) is 5.73 Å². The molecule has 1 aliphatic heterocycles. The summed E-state index contributed by atoms with van der Waals surface area (Å²) in [6, 6.07) is 9.48. The van der Waals surface area contributed by atoms with E-state index in [1.54, 1.807) is 0 Å².